The van der Waals surface area contributed by atoms with Crippen LogP contribution >= 0.6 is 0 Å². The van der Waals surface area contributed by atoms with Crippen LogP contribution < -0.4 is 43.0 Å². The third-order valence-corrected chi connectivity index (χ3v) is 17.5. The Morgan fingerprint density at radius 2 is 0.560 bits per heavy atom. The van der Waals surface area contributed by atoms with Gasteiger partial charge in [0.15, 0.2) is 0 Å². The van der Waals surface area contributed by atoms with Crippen molar-refractivity contribution >= 4 is 41.4 Å². The number of carbonyl (C=O) groups excluding carboxylic acids is 7. The number of nitrogens with two attached hydrogens (primary N) is 1. The van der Waals surface area contributed by atoms with Crippen LogP contribution in [0.15, 0.2) is 0 Å². The second kappa shape index (κ2) is 60.8. The summed E-state index contributed by atoms with van der Waals surface area (Å²) in [7, 11) is 0. The minimum Gasteiger partial charge on any atom is -0.396 e. The minimum absolute atomic E-state index is 0.00733. The van der Waals surface area contributed by atoms with Gasteiger partial charge in [0.2, 0.25) is 41.4 Å². The molecule has 0 aromatic carbocycles. The predicted molar refractivity (Wildman–Crippen MR) is 382 cm³/mol. The molecule has 0 aliphatic heterocycles. The van der Waals surface area contributed by atoms with E-state index in [-0.39, 0.29) is 261 Å². The SMILES string of the molecule is CC(=O)NC1C(OCCOCCOCCNC(=O)CCOCC(COCCC(=O)NCCOCCOCCOC2CC(CO)C(O)C(O)C2NC(C)=O)(COCCC(=O)NCCOCCOCCOC2CC(CO)C(O)C(O)C2NC(C)=O)NC(=O)CCOCCOCCOCCOCCN)CC(CO)C(O)C1O. The van der Waals surface area contributed by atoms with Crippen molar-refractivity contribution in [3.8, 4) is 0 Å². The lowest BCUT2D eigenvalue weighted by Gasteiger charge is -2.42. The van der Waals surface area contributed by atoms with E-state index >= 15 is 0 Å². The molecule has 3 aliphatic carbocycles. The molecule has 15 atom stereocenters. The lowest BCUT2D eigenvalue weighted by atomic mass is 9.79. The van der Waals surface area contributed by atoms with Crippen molar-refractivity contribution in [3.05, 3.63) is 0 Å². The zero-order valence-electron chi connectivity index (χ0n) is 63.6. The zero-order valence-corrected chi connectivity index (χ0v) is 63.6. The van der Waals surface area contributed by atoms with Gasteiger partial charge in [-0.1, -0.05) is 0 Å². The van der Waals surface area contributed by atoms with Crippen LogP contribution in [0.4, 0.5) is 0 Å². The number of hydrogen-bond acceptors (Lipinski definition) is 33. The van der Waals surface area contributed by atoms with Gasteiger partial charge in [-0.05, 0) is 19.3 Å². The van der Waals surface area contributed by atoms with Crippen molar-refractivity contribution in [1.82, 2.24) is 37.2 Å². The molecule has 3 aliphatic rings. The van der Waals surface area contributed by atoms with Crippen LogP contribution in [0.25, 0.3) is 0 Å². The summed E-state index contributed by atoms with van der Waals surface area (Å²) in [6.07, 6.45) is -9.60. The fourth-order valence-electron chi connectivity index (χ4n) is 11.9. The van der Waals surface area contributed by atoms with Crippen LogP contribution in [0.1, 0.15) is 65.7 Å². The molecule has 0 saturated heterocycles. The molecule has 0 bridgehead atoms. The number of rotatable bonds is 66. The third kappa shape index (κ3) is 43.4. The first-order chi connectivity index (χ1) is 52.6. The predicted octanol–water partition coefficient (Wildman–Crippen LogP) is -8.20. The zero-order chi connectivity index (χ0) is 79.9. The number of nitrogens with one attached hydrogen (secondary N) is 7. The van der Waals surface area contributed by atoms with Gasteiger partial charge in [0.1, 0.15) is 23.9 Å². The molecule has 0 aromatic heterocycles. The van der Waals surface area contributed by atoms with Gasteiger partial charge in [0.25, 0.3) is 0 Å². The van der Waals surface area contributed by atoms with Crippen molar-refractivity contribution in [1.29, 1.82) is 0 Å². The molecule has 109 heavy (non-hydrogen) atoms. The maximum Gasteiger partial charge on any atom is 0.222 e. The summed E-state index contributed by atoms with van der Waals surface area (Å²) in [5.41, 5.74) is 3.97. The Hall–Kier alpha value is -4.75. The van der Waals surface area contributed by atoms with E-state index < -0.39 is 120 Å². The van der Waals surface area contributed by atoms with E-state index in [0.717, 1.165) is 0 Å². The number of carbonyl (C=O) groups is 7. The Morgan fingerprint density at radius 3 is 0.826 bits per heavy atom. The second-order valence-corrected chi connectivity index (χ2v) is 26.3. The molecular weight excluding hydrogens is 1450 g/mol. The van der Waals surface area contributed by atoms with Crippen LogP contribution in [-0.2, 0) is 109 Å². The van der Waals surface area contributed by atoms with Crippen LogP contribution in [0.2, 0.25) is 0 Å². The number of hydrogen-bond donors (Lipinski definition) is 17. The van der Waals surface area contributed by atoms with E-state index in [1.165, 1.54) is 20.8 Å². The first kappa shape index (κ1) is 98.4. The molecule has 15 unspecified atom stereocenters. The lowest BCUT2D eigenvalue weighted by Crippen LogP contribution is -2.61. The highest BCUT2D eigenvalue weighted by Crippen LogP contribution is 2.30. The van der Waals surface area contributed by atoms with Gasteiger partial charge in [-0.25, -0.2) is 0 Å². The fraction of sp³-hybridized carbons (Fsp3) is 0.899. The Kier molecular flexibility index (Phi) is 54.9. The smallest absolute Gasteiger partial charge is 0.222 e. The summed E-state index contributed by atoms with van der Waals surface area (Å²) in [5, 5.41) is 111. The fourth-order valence-corrected chi connectivity index (χ4v) is 11.9. The summed E-state index contributed by atoms with van der Waals surface area (Å²) in [4.78, 5) is 88.1. The topological polar surface area (TPSA) is 559 Å². The van der Waals surface area contributed by atoms with E-state index in [4.69, 9.17) is 81.5 Å². The number of aliphatic hydroxyl groups excluding tert-OH is 9. The standard InChI is InChI=1S/C69H128N8O32/c1-47(81)74-60-53(38-50(41-78)63(88)66(60)91)107-35-32-101-27-22-96-17-9-71-56(84)4-13-104-44-69(77-59(87)7-12-94-20-25-99-30-31-100-26-21-95-16-8-70,45-105-14-5-57(85)72-10-18-97-23-28-102-33-36-108-54-39-51(42-79)64(89)67(92)61(54)75-48(2)82)46-106-15-6-58(86)73-11-19-98-24-29-103-34-37-109-55-40-52(43-80)65(90)68(93)62(55)76-49(3)83/h50-55,60-68,78-80,88-93H,4-46,70H2,1-3H3,(H,71,84)(H,72,85)(H,73,86)(H,74,81)(H,75,82)(H,76,83)(H,77,87). The molecule has 3 fully saturated rings. The van der Waals surface area contributed by atoms with Crippen molar-refractivity contribution < 1.29 is 155 Å². The molecule has 18 N–H and O–H groups in total. The van der Waals surface area contributed by atoms with E-state index in [1.807, 2.05) is 0 Å². The number of aliphatic hydroxyl groups is 9. The highest BCUT2D eigenvalue weighted by molar-refractivity contribution is 5.78. The van der Waals surface area contributed by atoms with Gasteiger partial charge >= 0.3 is 0 Å². The molecule has 0 spiro atoms. The van der Waals surface area contributed by atoms with Crippen molar-refractivity contribution in [2.75, 3.05) is 238 Å². The quantitative estimate of drug-likeness (QED) is 0.0252. The first-order valence-electron chi connectivity index (χ1n) is 37.5. The van der Waals surface area contributed by atoms with E-state index in [9.17, 15) is 79.5 Å². The molecular formula is C69H128N8O32. The van der Waals surface area contributed by atoms with Gasteiger partial charge < -0.3 is 165 Å². The van der Waals surface area contributed by atoms with Gasteiger partial charge in [-0.3, -0.25) is 33.6 Å². The summed E-state index contributed by atoms with van der Waals surface area (Å²) < 4.78 is 91.3. The van der Waals surface area contributed by atoms with Gasteiger partial charge in [-0.15, -0.1) is 0 Å². The van der Waals surface area contributed by atoms with E-state index in [1.54, 1.807) is 0 Å². The Bertz CT molecular complexity index is 2210. The summed E-state index contributed by atoms with van der Waals surface area (Å²) in [5.74, 6) is -4.79. The molecule has 0 heterocycles. The molecule has 3 saturated carbocycles. The summed E-state index contributed by atoms with van der Waals surface area (Å²) in [6, 6.07) is -2.64. The van der Waals surface area contributed by atoms with Crippen molar-refractivity contribution in [2.24, 2.45) is 23.5 Å². The Morgan fingerprint density at radius 1 is 0.321 bits per heavy atom. The first-order valence-corrected chi connectivity index (χ1v) is 37.5. The largest absolute Gasteiger partial charge is 0.396 e. The highest BCUT2D eigenvalue weighted by atomic mass is 16.6. The van der Waals surface area contributed by atoms with Crippen LogP contribution in [0.3, 0.4) is 0 Å². The second-order valence-electron chi connectivity index (χ2n) is 26.3. The molecule has 7 amide bonds. The van der Waals surface area contributed by atoms with Crippen molar-refractivity contribution in [3.63, 3.8) is 0 Å². The summed E-state index contributed by atoms with van der Waals surface area (Å²) in [6.45, 7) is 6.84. The number of amides is 7. The lowest BCUT2D eigenvalue weighted by molar-refractivity contribution is -0.145. The van der Waals surface area contributed by atoms with E-state index in [2.05, 4.69) is 37.2 Å². The molecule has 0 radical (unpaired) electrons. The average molecular weight is 1580 g/mol. The van der Waals surface area contributed by atoms with Crippen LogP contribution in [0, 0.1) is 17.8 Å². The van der Waals surface area contributed by atoms with Gasteiger partial charge in [0, 0.05) is 110 Å². The maximum atomic E-state index is 13.8. The minimum atomic E-state index is -1.45. The Labute approximate surface area is 637 Å². The average Bonchev–Trinajstić information content (AvgIpc) is 0.823. The monoisotopic (exact) mass is 1580 g/mol. The van der Waals surface area contributed by atoms with Crippen LogP contribution in [0.5, 0.6) is 0 Å². The number of ether oxygens (including phenoxy) is 16. The molecule has 636 valence electrons. The molecule has 40 heteroatoms. The van der Waals surface area contributed by atoms with Gasteiger partial charge in [0.05, 0.1) is 246 Å². The van der Waals surface area contributed by atoms with E-state index in [0.29, 0.717) is 39.6 Å². The molecule has 40 nitrogen and oxygen atoms in total. The van der Waals surface area contributed by atoms with Gasteiger partial charge in [-0.2, -0.15) is 0 Å². The normalized spacial score (nSPS) is 24.7. The molecule has 3 rings (SSSR count). The third-order valence-electron chi connectivity index (χ3n) is 17.5. The highest BCUT2D eigenvalue weighted by Gasteiger charge is 2.47. The molecule has 0 aromatic rings. The Balaban J connectivity index is 1.54. The van der Waals surface area contributed by atoms with Crippen molar-refractivity contribution in [2.45, 2.75) is 144 Å². The summed E-state index contributed by atoms with van der Waals surface area (Å²) >= 11 is 0. The maximum absolute atomic E-state index is 13.8. The van der Waals surface area contributed by atoms with Crippen LogP contribution in [-0.4, -0.2) is 404 Å².